The van der Waals surface area contributed by atoms with E-state index in [-0.39, 0.29) is 17.0 Å². The van der Waals surface area contributed by atoms with Gasteiger partial charge in [-0.25, -0.2) is 0 Å². The maximum Gasteiger partial charge on any atom is 0.312 e. The zero-order chi connectivity index (χ0) is 12.8. The number of nitriles is 1. The highest BCUT2D eigenvalue weighted by atomic mass is 16.6. The summed E-state index contributed by atoms with van der Waals surface area (Å²) in [6.07, 6.45) is 0. The summed E-state index contributed by atoms with van der Waals surface area (Å²) in [5.41, 5.74) is 0.0689. The molecule has 0 aliphatic heterocycles. The first-order valence-corrected chi connectivity index (χ1v) is 5.00. The highest BCUT2D eigenvalue weighted by molar-refractivity contribution is 5.51. The minimum absolute atomic E-state index is 0.178. The van der Waals surface area contributed by atoms with Crippen LogP contribution in [0, 0.1) is 21.4 Å². The largest absolute Gasteiger partial charge is 0.485 e. The fraction of sp³-hybridized carbons (Fsp3) is 0.364. The van der Waals surface area contributed by atoms with E-state index in [4.69, 9.17) is 10.00 Å². The molecule has 0 spiro atoms. The SMILES string of the molecule is CN(C)CCOc1ccc(C#N)cc1[N+](=O)[O-]. The van der Waals surface area contributed by atoms with Crippen LogP contribution in [0.2, 0.25) is 0 Å². The first-order chi connectivity index (χ1) is 8.04. The average Bonchev–Trinajstić information content (AvgIpc) is 2.28. The van der Waals surface area contributed by atoms with E-state index in [0.717, 1.165) is 0 Å². The number of nitro groups is 1. The summed E-state index contributed by atoms with van der Waals surface area (Å²) in [4.78, 5) is 12.2. The predicted molar refractivity (Wildman–Crippen MR) is 61.9 cm³/mol. The quantitative estimate of drug-likeness (QED) is 0.569. The van der Waals surface area contributed by atoms with Crippen LogP contribution in [0.3, 0.4) is 0 Å². The van der Waals surface area contributed by atoms with Crippen LogP contribution in [0.25, 0.3) is 0 Å². The van der Waals surface area contributed by atoms with Crippen molar-refractivity contribution in [1.82, 2.24) is 4.90 Å². The Bertz CT molecular complexity index is 452. The van der Waals surface area contributed by atoms with Gasteiger partial charge in [0.05, 0.1) is 16.6 Å². The van der Waals surface area contributed by atoms with Crippen LogP contribution < -0.4 is 4.74 Å². The number of hydrogen-bond acceptors (Lipinski definition) is 5. The molecule has 0 saturated heterocycles. The summed E-state index contributed by atoms with van der Waals surface area (Å²) >= 11 is 0. The number of benzene rings is 1. The Kier molecular flexibility index (Phi) is 4.43. The summed E-state index contributed by atoms with van der Waals surface area (Å²) < 4.78 is 5.32. The molecule has 1 aromatic rings. The molecule has 0 amide bonds. The van der Waals surface area contributed by atoms with E-state index in [0.29, 0.717) is 13.2 Å². The fourth-order valence-corrected chi connectivity index (χ4v) is 1.19. The lowest BCUT2D eigenvalue weighted by Crippen LogP contribution is -2.19. The number of likely N-dealkylation sites (N-methyl/N-ethyl adjacent to an activating group) is 1. The summed E-state index contributed by atoms with van der Waals surface area (Å²) in [5, 5.41) is 19.5. The van der Waals surface area contributed by atoms with Crippen molar-refractivity contribution in [2.45, 2.75) is 0 Å². The third kappa shape index (κ3) is 3.74. The summed E-state index contributed by atoms with van der Waals surface area (Å²) in [5.74, 6) is 0.191. The van der Waals surface area contributed by atoms with E-state index < -0.39 is 4.92 Å². The van der Waals surface area contributed by atoms with Gasteiger partial charge in [-0.3, -0.25) is 10.1 Å². The van der Waals surface area contributed by atoms with Gasteiger partial charge in [0.1, 0.15) is 6.61 Å². The highest BCUT2D eigenvalue weighted by Crippen LogP contribution is 2.27. The molecule has 0 bridgehead atoms. The van der Waals surface area contributed by atoms with E-state index in [1.54, 1.807) is 0 Å². The van der Waals surface area contributed by atoms with Crippen LogP contribution in [-0.2, 0) is 0 Å². The van der Waals surface area contributed by atoms with E-state index in [1.807, 2.05) is 25.1 Å². The minimum Gasteiger partial charge on any atom is -0.485 e. The molecule has 90 valence electrons. The molecule has 0 heterocycles. The number of nitrogens with zero attached hydrogens (tertiary/aromatic N) is 3. The monoisotopic (exact) mass is 235 g/mol. The Morgan fingerprint density at radius 3 is 2.76 bits per heavy atom. The second-order valence-corrected chi connectivity index (χ2v) is 3.70. The average molecular weight is 235 g/mol. The Morgan fingerprint density at radius 1 is 1.53 bits per heavy atom. The fourth-order valence-electron chi connectivity index (χ4n) is 1.19. The van der Waals surface area contributed by atoms with Crippen molar-refractivity contribution in [2.75, 3.05) is 27.2 Å². The van der Waals surface area contributed by atoms with Gasteiger partial charge in [-0.2, -0.15) is 5.26 Å². The molecule has 0 saturated carbocycles. The summed E-state index contributed by atoms with van der Waals surface area (Å²) in [7, 11) is 3.77. The Balaban J connectivity index is 2.84. The lowest BCUT2D eigenvalue weighted by Gasteiger charge is -2.11. The van der Waals surface area contributed by atoms with Gasteiger partial charge in [-0.05, 0) is 26.2 Å². The van der Waals surface area contributed by atoms with Crippen molar-refractivity contribution in [3.63, 3.8) is 0 Å². The van der Waals surface area contributed by atoms with Crippen molar-refractivity contribution in [2.24, 2.45) is 0 Å². The van der Waals surface area contributed by atoms with Crippen LogP contribution in [-0.4, -0.2) is 37.1 Å². The predicted octanol–water partition coefficient (Wildman–Crippen LogP) is 1.41. The molecule has 17 heavy (non-hydrogen) atoms. The second-order valence-electron chi connectivity index (χ2n) is 3.70. The molecular formula is C11H13N3O3. The standard InChI is InChI=1S/C11H13N3O3/c1-13(2)5-6-17-11-4-3-9(8-12)7-10(11)14(15)16/h3-4,7H,5-6H2,1-2H3. The minimum atomic E-state index is -0.550. The molecule has 6 nitrogen and oxygen atoms in total. The number of nitro benzene ring substituents is 1. The molecule has 0 aromatic heterocycles. The van der Waals surface area contributed by atoms with E-state index in [2.05, 4.69) is 0 Å². The molecule has 0 fully saturated rings. The molecule has 1 aromatic carbocycles. The van der Waals surface area contributed by atoms with Crippen LogP contribution >= 0.6 is 0 Å². The van der Waals surface area contributed by atoms with Crippen molar-refractivity contribution in [3.05, 3.63) is 33.9 Å². The van der Waals surface area contributed by atoms with Crippen LogP contribution in [0.15, 0.2) is 18.2 Å². The zero-order valence-corrected chi connectivity index (χ0v) is 9.71. The van der Waals surface area contributed by atoms with Gasteiger partial charge in [-0.15, -0.1) is 0 Å². The molecule has 0 aliphatic rings. The smallest absolute Gasteiger partial charge is 0.312 e. The third-order valence-corrected chi connectivity index (χ3v) is 2.08. The number of ether oxygens (including phenoxy) is 1. The van der Waals surface area contributed by atoms with E-state index >= 15 is 0 Å². The van der Waals surface area contributed by atoms with Gasteiger partial charge in [0.2, 0.25) is 0 Å². The first-order valence-electron chi connectivity index (χ1n) is 5.00. The topological polar surface area (TPSA) is 79.4 Å². The lowest BCUT2D eigenvalue weighted by molar-refractivity contribution is -0.385. The van der Waals surface area contributed by atoms with E-state index in [1.165, 1.54) is 18.2 Å². The van der Waals surface area contributed by atoms with Crippen LogP contribution in [0.1, 0.15) is 5.56 Å². The molecular weight excluding hydrogens is 222 g/mol. The molecule has 1 rings (SSSR count). The molecule has 0 N–H and O–H groups in total. The van der Waals surface area contributed by atoms with Gasteiger partial charge in [0.25, 0.3) is 0 Å². The summed E-state index contributed by atoms with van der Waals surface area (Å²) in [6.45, 7) is 1.02. The van der Waals surface area contributed by atoms with Crippen molar-refractivity contribution in [3.8, 4) is 11.8 Å². The molecule has 6 heteroatoms. The van der Waals surface area contributed by atoms with Crippen molar-refractivity contribution >= 4 is 5.69 Å². The maximum atomic E-state index is 10.8. The molecule has 0 radical (unpaired) electrons. The second kappa shape index (κ2) is 5.82. The van der Waals surface area contributed by atoms with E-state index in [9.17, 15) is 10.1 Å². The van der Waals surface area contributed by atoms with Gasteiger partial charge in [0, 0.05) is 12.6 Å². The van der Waals surface area contributed by atoms with Gasteiger partial charge in [-0.1, -0.05) is 0 Å². The maximum absolute atomic E-state index is 10.8. The molecule has 0 atom stereocenters. The Hall–Kier alpha value is -2.13. The number of hydrogen-bond donors (Lipinski definition) is 0. The third-order valence-electron chi connectivity index (χ3n) is 2.08. The molecule has 0 aliphatic carbocycles. The Labute approximate surface area is 99.2 Å². The van der Waals surface area contributed by atoms with Crippen LogP contribution in [0.5, 0.6) is 5.75 Å². The lowest BCUT2D eigenvalue weighted by atomic mass is 10.2. The Morgan fingerprint density at radius 2 is 2.24 bits per heavy atom. The molecule has 0 unspecified atom stereocenters. The first kappa shape index (κ1) is 12.9. The highest BCUT2D eigenvalue weighted by Gasteiger charge is 2.15. The van der Waals surface area contributed by atoms with Gasteiger partial charge >= 0.3 is 5.69 Å². The zero-order valence-electron chi connectivity index (χ0n) is 9.71. The summed E-state index contributed by atoms with van der Waals surface area (Å²) in [6, 6.07) is 6.02. The normalized spacial score (nSPS) is 10.0. The van der Waals surface area contributed by atoms with Crippen LogP contribution in [0.4, 0.5) is 5.69 Å². The van der Waals surface area contributed by atoms with Gasteiger partial charge in [0.15, 0.2) is 5.75 Å². The van der Waals surface area contributed by atoms with Gasteiger partial charge < -0.3 is 9.64 Å². The van der Waals surface area contributed by atoms with Crippen molar-refractivity contribution < 1.29 is 9.66 Å². The number of rotatable bonds is 5. The van der Waals surface area contributed by atoms with Crippen molar-refractivity contribution in [1.29, 1.82) is 5.26 Å².